The van der Waals surface area contributed by atoms with Crippen LogP contribution in [-0.4, -0.2) is 40.5 Å². The van der Waals surface area contributed by atoms with E-state index in [4.69, 9.17) is 0 Å². The summed E-state index contributed by atoms with van der Waals surface area (Å²) >= 11 is 0. The van der Waals surface area contributed by atoms with Gasteiger partial charge in [-0.3, -0.25) is 9.38 Å². The summed E-state index contributed by atoms with van der Waals surface area (Å²) in [5, 5.41) is 3.95. The minimum atomic E-state index is -4.15. The van der Waals surface area contributed by atoms with E-state index in [2.05, 4.69) is 15.1 Å². The highest BCUT2D eigenvalue weighted by Crippen LogP contribution is 2.20. The van der Waals surface area contributed by atoms with Gasteiger partial charge in [-0.25, -0.2) is 13.8 Å². The Hall–Kier alpha value is -3.66. The second kappa shape index (κ2) is 7.64. The maximum absolute atomic E-state index is 13.4. The number of fused-ring (bicyclic) bond motifs is 1. The van der Waals surface area contributed by atoms with Gasteiger partial charge in [-0.2, -0.15) is 17.9 Å². The molecule has 0 aliphatic rings. The molecule has 0 fully saturated rings. The lowest BCUT2D eigenvalue weighted by molar-refractivity contribution is 0.484. The number of sulfonamides is 1. The molecule has 152 valence electrons. The first-order valence-corrected chi connectivity index (χ1v) is 10.2. The lowest BCUT2D eigenvalue weighted by atomic mass is 10.1. The molecule has 0 N–H and O–H groups in total. The van der Waals surface area contributed by atoms with Crippen LogP contribution >= 0.6 is 0 Å². The fourth-order valence-electron chi connectivity index (χ4n) is 2.79. The third kappa shape index (κ3) is 3.64. The van der Waals surface area contributed by atoms with Crippen molar-refractivity contribution in [2.75, 3.05) is 7.05 Å². The van der Waals surface area contributed by atoms with Crippen LogP contribution in [0.5, 0.6) is 0 Å². The molecule has 4 rings (SSSR count). The maximum atomic E-state index is 13.4. The van der Waals surface area contributed by atoms with Gasteiger partial charge in [-0.05, 0) is 36.4 Å². The number of benzene rings is 1. The summed E-state index contributed by atoms with van der Waals surface area (Å²) in [7, 11) is -2.94. The number of pyridine rings is 2. The zero-order chi connectivity index (χ0) is 21.3. The third-order valence-corrected chi connectivity index (χ3v) is 6.06. The zero-order valence-electron chi connectivity index (χ0n) is 15.6. The molecule has 0 aliphatic heterocycles. The molecule has 3 aromatic heterocycles. The Morgan fingerprint density at radius 2 is 1.90 bits per heavy atom. The van der Waals surface area contributed by atoms with Crippen LogP contribution in [0.1, 0.15) is 5.69 Å². The molecule has 0 radical (unpaired) electrons. The predicted octanol–water partition coefficient (Wildman–Crippen LogP) is 3.33. The Kier molecular flexibility index (Phi) is 5.00. The smallest absolute Gasteiger partial charge is 0.278 e. The summed E-state index contributed by atoms with van der Waals surface area (Å²) in [4.78, 5) is 7.97. The Balaban J connectivity index is 1.65. The average Bonchev–Trinajstić information content (AvgIpc) is 3.16. The molecule has 3 heterocycles. The molecular weight excluding hydrogens is 412 g/mol. The standard InChI is InChI=1S/C20H15F2N5O2S/c1-26(30(28,29)17-5-6-18(21)19(22)9-17)25-12-16-11-24-20-7-4-15(13-27(16)20)14-3-2-8-23-10-14/h2-13H,1H3/b25-12+. The molecule has 4 aromatic rings. The molecule has 0 bridgehead atoms. The number of hydrazone groups is 1. The summed E-state index contributed by atoms with van der Waals surface area (Å²) in [5.41, 5.74) is 2.98. The number of imidazole rings is 1. The molecule has 10 heteroatoms. The molecule has 0 unspecified atom stereocenters. The highest BCUT2D eigenvalue weighted by molar-refractivity contribution is 7.89. The van der Waals surface area contributed by atoms with Crippen LogP contribution in [0.2, 0.25) is 0 Å². The number of nitrogens with zero attached hydrogens (tertiary/aromatic N) is 5. The average molecular weight is 427 g/mol. The Bertz CT molecular complexity index is 1350. The van der Waals surface area contributed by atoms with Gasteiger partial charge in [0, 0.05) is 36.8 Å². The summed E-state index contributed by atoms with van der Waals surface area (Å²) < 4.78 is 54.1. The number of halogens is 2. The Morgan fingerprint density at radius 3 is 2.63 bits per heavy atom. The first-order valence-electron chi connectivity index (χ1n) is 8.72. The fraction of sp³-hybridized carbons (Fsp3) is 0.0500. The van der Waals surface area contributed by atoms with Crippen molar-refractivity contribution in [1.82, 2.24) is 18.8 Å². The minimum Gasteiger partial charge on any atom is -0.298 e. The van der Waals surface area contributed by atoms with Crippen molar-refractivity contribution in [3.63, 3.8) is 0 Å². The van der Waals surface area contributed by atoms with E-state index >= 15 is 0 Å². The van der Waals surface area contributed by atoms with Crippen LogP contribution in [0.15, 0.2) is 77.2 Å². The van der Waals surface area contributed by atoms with E-state index in [0.29, 0.717) is 21.8 Å². The lowest BCUT2D eigenvalue weighted by Gasteiger charge is -2.13. The lowest BCUT2D eigenvalue weighted by Crippen LogP contribution is -2.22. The number of hydrogen-bond donors (Lipinski definition) is 0. The second-order valence-corrected chi connectivity index (χ2v) is 8.28. The minimum absolute atomic E-state index is 0.405. The van der Waals surface area contributed by atoms with Gasteiger partial charge < -0.3 is 0 Å². The maximum Gasteiger partial charge on any atom is 0.278 e. The largest absolute Gasteiger partial charge is 0.298 e. The summed E-state index contributed by atoms with van der Waals surface area (Å²) in [6.07, 6.45) is 8.12. The molecule has 0 saturated carbocycles. The van der Waals surface area contributed by atoms with E-state index in [1.54, 1.807) is 23.0 Å². The van der Waals surface area contributed by atoms with Crippen molar-refractivity contribution in [3.8, 4) is 11.1 Å². The van der Waals surface area contributed by atoms with Crippen molar-refractivity contribution in [1.29, 1.82) is 0 Å². The van der Waals surface area contributed by atoms with E-state index < -0.39 is 26.6 Å². The molecule has 30 heavy (non-hydrogen) atoms. The van der Waals surface area contributed by atoms with Crippen molar-refractivity contribution in [2.45, 2.75) is 4.90 Å². The third-order valence-electron chi connectivity index (χ3n) is 4.42. The normalized spacial score (nSPS) is 12.0. The summed E-state index contributed by atoms with van der Waals surface area (Å²) in [5.74, 6) is -2.38. The van der Waals surface area contributed by atoms with Gasteiger partial charge in [0.05, 0.1) is 23.0 Å². The molecule has 0 aliphatic carbocycles. The van der Waals surface area contributed by atoms with Gasteiger partial charge in [-0.15, -0.1) is 0 Å². The molecule has 1 aromatic carbocycles. The first kappa shape index (κ1) is 19.6. The SMILES string of the molecule is CN(/N=C/c1cnc2ccc(-c3cccnc3)cn12)S(=O)(=O)c1ccc(F)c(F)c1. The fourth-order valence-corrected chi connectivity index (χ4v) is 3.76. The van der Waals surface area contributed by atoms with E-state index in [1.807, 2.05) is 30.5 Å². The van der Waals surface area contributed by atoms with E-state index in [1.165, 1.54) is 13.3 Å². The van der Waals surface area contributed by atoms with Gasteiger partial charge in [0.2, 0.25) is 0 Å². The number of aromatic nitrogens is 3. The van der Waals surface area contributed by atoms with Gasteiger partial charge in [0.25, 0.3) is 10.0 Å². The van der Waals surface area contributed by atoms with Crippen LogP contribution < -0.4 is 0 Å². The molecule has 0 saturated heterocycles. The van der Waals surface area contributed by atoms with Crippen LogP contribution in [0, 0.1) is 11.6 Å². The number of rotatable bonds is 5. The van der Waals surface area contributed by atoms with Crippen LogP contribution in [-0.2, 0) is 10.0 Å². The molecular formula is C20H15F2N5O2S. The zero-order valence-corrected chi connectivity index (χ0v) is 16.5. The summed E-state index contributed by atoms with van der Waals surface area (Å²) in [6.45, 7) is 0. The topological polar surface area (TPSA) is 79.9 Å². The highest BCUT2D eigenvalue weighted by atomic mass is 32.2. The van der Waals surface area contributed by atoms with Gasteiger partial charge >= 0.3 is 0 Å². The molecule has 0 spiro atoms. The van der Waals surface area contributed by atoms with E-state index in [-0.39, 0.29) is 0 Å². The molecule has 0 atom stereocenters. The monoisotopic (exact) mass is 427 g/mol. The second-order valence-electron chi connectivity index (χ2n) is 6.33. The Morgan fingerprint density at radius 1 is 1.07 bits per heavy atom. The van der Waals surface area contributed by atoms with E-state index in [9.17, 15) is 17.2 Å². The number of hydrogen-bond acceptors (Lipinski definition) is 5. The van der Waals surface area contributed by atoms with Gasteiger partial charge in [0.1, 0.15) is 5.65 Å². The van der Waals surface area contributed by atoms with Crippen LogP contribution in [0.4, 0.5) is 8.78 Å². The van der Waals surface area contributed by atoms with Crippen molar-refractivity contribution in [2.24, 2.45) is 5.10 Å². The molecule has 0 amide bonds. The molecule has 7 nitrogen and oxygen atoms in total. The van der Waals surface area contributed by atoms with Gasteiger partial charge in [0.15, 0.2) is 11.6 Å². The Labute approximate surface area is 171 Å². The van der Waals surface area contributed by atoms with E-state index in [0.717, 1.165) is 23.3 Å². The van der Waals surface area contributed by atoms with Crippen LogP contribution in [0.3, 0.4) is 0 Å². The summed E-state index contributed by atoms with van der Waals surface area (Å²) in [6, 6.07) is 9.82. The first-order chi connectivity index (χ1) is 14.4. The van der Waals surface area contributed by atoms with Crippen LogP contribution in [0.25, 0.3) is 16.8 Å². The highest BCUT2D eigenvalue weighted by Gasteiger charge is 2.21. The predicted molar refractivity (Wildman–Crippen MR) is 107 cm³/mol. The van der Waals surface area contributed by atoms with Crippen molar-refractivity contribution in [3.05, 3.63) is 84.6 Å². The quantitative estimate of drug-likeness (QED) is 0.362. The van der Waals surface area contributed by atoms with Gasteiger partial charge in [-0.1, -0.05) is 6.07 Å². The van der Waals surface area contributed by atoms with Crippen molar-refractivity contribution < 1.29 is 17.2 Å². The van der Waals surface area contributed by atoms with Crippen molar-refractivity contribution >= 4 is 21.9 Å².